The molecule has 1 atom stereocenters. The van der Waals surface area contributed by atoms with Crippen LogP contribution in [0.15, 0.2) is 18.2 Å². The van der Waals surface area contributed by atoms with E-state index < -0.39 is 0 Å². The molecule has 0 saturated carbocycles. The minimum atomic E-state index is -0.372. The van der Waals surface area contributed by atoms with Gasteiger partial charge in [0.05, 0.1) is 11.4 Å². The first-order valence-electron chi connectivity index (χ1n) is 6.58. The van der Waals surface area contributed by atoms with E-state index in [4.69, 9.17) is 0 Å². The van der Waals surface area contributed by atoms with Crippen LogP contribution in [0.5, 0.6) is 0 Å². The predicted octanol–water partition coefficient (Wildman–Crippen LogP) is 3.42. The molecule has 2 rings (SSSR count). The molecule has 0 bridgehead atoms. The Balaban J connectivity index is 2.27. The van der Waals surface area contributed by atoms with Crippen molar-refractivity contribution < 1.29 is 4.79 Å². The van der Waals surface area contributed by atoms with Gasteiger partial charge < -0.3 is 10.6 Å². The number of carbonyl (C=O) groups excluding carboxylic acids is 1. The zero-order valence-electron chi connectivity index (χ0n) is 11.6. The number of nitrogens with one attached hydrogen (secondary N) is 2. The third kappa shape index (κ3) is 2.66. The van der Waals surface area contributed by atoms with Crippen molar-refractivity contribution in [3.63, 3.8) is 0 Å². The lowest BCUT2D eigenvalue weighted by Crippen LogP contribution is -2.29. The molecule has 3 heteroatoms. The zero-order valence-corrected chi connectivity index (χ0v) is 11.6. The predicted molar refractivity (Wildman–Crippen MR) is 75.9 cm³/mol. The van der Waals surface area contributed by atoms with Gasteiger partial charge in [-0.3, -0.25) is 4.79 Å². The van der Waals surface area contributed by atoms with Gasteiger partial charge in [0.1, 0.15) is 0 Å². The molecule has 2 N–H and O–H groups in total. The summed E-state index contributed by atoms with van der Waals surface area (Å²) in [5.41, 5.74) is 2.91. The number of fused-ring (bicyclic) bond motifs is 1. The van der Waals surface area contributed by atoms with Crippen molar-refractivity contribution >= 4 is 17.3 Å². The van der Waals surface area contributed by atoms with Gasteiger partial charge in [-0.1, -0.05) is 32.9 Å². The summed E-state index contributed by atoms with van der Waals surface area (Å²) in [6.45, 7) is 7.95. The maximum absolute atomic E-state index is 12.1. The molecule has 0 radical (unpaired) electrons. The van der Waals surface area contributed by atoms with E-state index in [1.807, 2.05) is 32.9 Å². The summed E-state index contributed by atoms with van der Waals surface area (Å²) in [6, 6.07) is 6.56. The summed E-state index contributed by atoms with van der Waals surface area (Å²) >= 11 is 0. The molecular weight excluding hydrogens is 224 g/mol. The van der Waals surface area contributed by atoms with Crippen LogP contribution < -0.4 is 10.6 Å². The van der Waals surface area contributed by atoms with Crippen LogP contribution in [0.1, 0.15) is 39.7 Å². The largest absolute Gasteiger partial charge is 0.381 e. The fraction of sp³-hybridized carbons (Fsp3) is 0.533. The van der Waals surface area contributed by atoms with Crippen molar-refractivity contribution in [1.82, 2.24) is 0 Å². The van der Waals surface area contributed by atoms with Crippen molar-refractivity contribution in [3.8, 4) is 0 Å². The normalized spacial score (nSPS) is 18.8. The molecular formula is C15H22N2O. The highest BCUT2D eigenvalue weighted by Gasteiger charge is 2.24. The molecule has 1 aromatic rings. The smallest absolute Gasteiger partial charge is 0.229 e. The lowest BCUT2D eigenvalue weighted by atomic mass is 9.94. The van der Waals surface area contributed by atoms with Crippen LogP contribution in [0, 0.1) is 5.41 Å². The molecule has 0 saturated heterocycles. The highest BCUT2D eigenvalue weighted by molar-refractivity contribution is 5.97. The Labute approximate surface area is 109 Å². The number of amides is 1. The molecule has 3 nitrogen and oxygen atoms in total. The van der Waals surface area contributed by atoms with Gasteiger partial charge >= 0.3 is 0 Å². The molecule has 1 aromatic carbocycles. The first-order chi connectivity index (χ1) is 8.38. The van der Waals surface area contributed by atoms with Crippen LogP contribution in [0.25, 0.3) is 0 Å². The minimum Gasteiger partial charge on any atom is -0.381 e. The standard InChI is InChI=1S/C15H22N2O/c1-10-8-9-11-6-5-7-12(13(11)16-10)17-14(18)15(2,3)4/h5-7,10,16H,8-9H2,1-4H3,(H,17,18). The fourth-order valence-electron chi connectivity index (χ4n) is 2.08. The van der Waals surface area contributed by atoms with E-state index in [0.717, 1.165) is 24.2 Å². The average Bonchev–Trinajstić information content (AvgIpc) is 2.28. The van der Waals surface area contributed by atoms with Crippen LogP contribution in [0.3, 0.4) is 0 Å². The maximum atomic E-state index is 12.1. The molecule has 0 fully saturated rings. The summed E-state index contributed by atoms with van der Waals surface area (Å²) < 4.78 is 0. The van der Waals surface area contributed by atoms with Crippen molar-refractivity contribution in [2.24, 2.45) is 5.41 Å². The van der Waals surface area contributed by atoms with Gasteiger partial charge in [-0.15, -0.1) is 0 Å². The third-order valence-corrected chi connectivity index (χ3v) is 3.32. The first kappa shape index (κ1) is 12.9. The molecule has 98 valence electrons. The number of anilines is 2. The van der Waals surface area contributed by atoms with Crippen molar-refractivity contribution in [3.05, 3.63) is 23.8 Å². The Morgan fingerprint density at radius 3 is 2.78 bits per heavy atom. The molecule has 1 aliphatic heterocycles. The van der Waals surface area contributed by atoms with E-state index in [1.54, 1.807) is 0 Å². The Hall–Kier alpha value is -1.51. The van der Waals surface area contributed by atoms with Crippen LogP contribution in [0.2, 0.25) is 0 Å². The average molecular weight is 246 g/mol. The lowest BCUT2D eigenvalue weighted by Gasteiger charge is -2.27. The lowest BCUT2D eigenvalue weighted by molar-refractivity contribution is -0.123. The van der Waals surface area contributed by atoms with Crippen molar-refractivity contribution in [2.45, 2.75) is 46.6 Å². The van der Waals surface area contributed by atoms with Gasteiger partial charge in [0, 0.05) is 11.5 Å². The summed E-state index contributed by atoms with van der Waals surface area (Å²) in [5.74, 6) is 0.0518. The summed E-state index contributed by atoms with van der Waals surface area (Å²) in [5, 5.41) is 6.50. The number of carbonyl (C=O) groups is 1. The van der Waals surface area contributed by atoms with Crippen LogP contribution in [-0.2, 0) is 11.2 Å². The molecule has 1 amide bonds. The van der Waals surface area contributed by atoms with Gasteiger partial charge in [0.25, 0.3) is 0 Å². The van der Waals surface area contributed by atoms with Crippen molar-refractivity contribution in [2.75, 3.05) is 10.6 Å². The Morgan fingerprint density at radius 1 is 1.39 bits per heavy atom. The summed E-state index contributed by atoms with van der Waals surface area (Å²) in [4.78, 5) is 12.1. The number of hydrogen-bond acceptors (Lipinski definition) is 2. The third-order valence-electron chi connectivity index (χ3n) is 3.32. The number of rotatable bonds is 1. The SMILES string of the molecule is CC1CCc2cccc(NC(=O)C(C)(C)C)c2N1. The molecule has 18 heavy (non-hydrogen) atoms. The van der Waals surface area contributed by atoms with E-state index in [9.17, 15) is 4.79 Å². The quantitative estimate of drug-likeness (QED) is 0.797. The number of para-hydroxylation sites is 1. The van der Waals surface area contributed by atoms with Crippen LogP contribution in [0.4, 0.5) is 11.4 Å². The number of hydrogen-bond donors (Lipinski definition) is 2. The zero-order chi connectivity index (χ0) is 13.3. The molecule has 0 aliphatic carbocycles. The van der Waals surface area contributed by atoms with Crippen molar-refractivity contribution in [1.29, 1.82) is 0 Å². The topological polar surface area (TPSA) is 41.1 Å². The van der Waals surface area contributed by atoms with E-state index in [-0.39, 0.29) is 11.3 Å². The second kappa shape index (κ2) is 4.63. The molecule has 1 unspecified atom stereocenters. The Kier molecular flexibility index (Phi) is 3.33. The molecule has 0 aromatic heterocycles. The van der Waals surface area contributed by atoms with E-state index >= 15 is 0 Å². The molecule has 1 heterocycles. The fourth-order valence-corrected chi connectivity index (χ4v) is 2.08. The highest BCUT2D eigenvalue weighted by Crippen LogP contribution is 2.33. The first-order valence-corrected chi connectivity index (χ1v) is 6.58. The number of benzene rings is 1. The van der Waals surface area contributed by atoms with Gasteiger partial charge in [0.2, 0.25) is 5.91 Å². The maximum Gasteiger partial charge on any atom is 0.229 e. The van der Waals surface area contributed by atoms with E-state index in [0.29, 0.717) is 6.04 Å². The van der Waals surface area contributed by atoms with Gasteiger partial charge in [-0.05, 0) is 31.4 Å². The Morgan fingerprint density at radius 2 is 2.11 bits per heavy atom. The van der Waals surface area contributed by atoms with Gasteiger partial charge in [0.15, 0.2) is 0 Å². The second-order valence-corrected chi connectivity index (χ2v) is 6.13. The highest BCUT2D eigenvalue weighted by atomic mass is 16.2. The van der Waals surface area contributed by atoms with Crippen LogP contribution in [-0.4, -0.2) is 11.9 Å². The molecule has 0 spiro atoms. The minimum absolute atomic E-state index is 0.0518. The Bertz CT molecular complexity index is 460. The summed E-state index contributed by atoms with van der Waals surface area (Å²) in [7, 11) is 0. The summed E-state index contributed by atoms with van der Waals surface area (Å²) in [6.07, 6.45) is 2.21. The van der Waals surface area contributed by atoms with Gasteiger partial charge in [-0.25, -0.2) is 0 Å². The van der Waals surface area contributed by atoms with E-state index in [1.165, 1.54) is 5.56 Å². The molecule has 1 aliphatic rings. The monoisotopic (exact) mass is 246 g/mol. The second-order valence-electron chi connectivity index (χ2n) is 6.13. The van der Waals surface area contributed by atoms with E-state index in [2.05, 4.69) is 23.6 Å². The van der Waals surface area contributed by atoms with Crippen LogP contribution >= 0.6 is 0 Å². The number of aryl methyl sites for hydroxylation is 1. The van der Waals surface area contributed by atoms with Gasteiger partial charge in [-0.2, -0.15) is 0 Å².